The van der Waals surface area contributed by atoms with E-state index in [9.17, 15) is 14.4 Å². The predicted octanol–water partition coefficient (Wildman–Crippen LogP) is 6.02. The smallest absolute Gasteiger partial charge is 0.331 e. The lowest BCUT2D eigenvalue weighted by atomic mass is 10.0. The van der Waals surface area contributed by atoms with E-state index in [4.69, 9.17) is 11.6 Å². The lowest BCUT2D eigenvalue weighted by molar-refractivity contribution is 0.0707. The van der Waals surface area contributed by atoms with E-state index < -0.39 is 0 Å². The van der Waals surface area contributed by atoms with Gasteiger partial charge in [0.1, 0.15) is 5.69 Å². The highest BCUT2D eigenvalue weighted by Crippen LogP contribution is 2.27. The maximum atomic E-state index is 13.9. The van der Waals surface area contributed by atoms with Crippen LogP contribution in [0.2, 0.25) is 5.02 Å². The quantitative estimate of drug-likeness (QED) is 0.203. The van der Waals surface area contributed by atoms with Gasteiger partial charge in [0.25, 0.3) is 5.91 Å². The number of carbonyl (C=O) groups excluding carboxylic acids is 2. The van der Waals surface area contributed by atoms with Crippen LogP contribution in [-0.2, 0) is 19.5 Å². The van der Waals surface area contributed by atoms with Gasteiger partial charge in [-0.1, -0.05) is 41.9 Å². The molecule has 3 aromatic carbocycles. The molecule has 8 nitrogen and oxygen atoms in total. The van der Waals surface area contributed by atoms with Gasteiger partial charge >= 0.3 is 5.69 Å². The molecular weight excluding hydrogens is 618 g/mol. The number of carbonyl (C=O) groups is 2. The Kier molecular flexibility index (Phi) is 7.70. The number of amides is 1. The Balaban J connectivity index is 1.38. The maximum absolute atomic E-state index is 13.9. The van der Waals surface area contributed by atoms with Crippen LogP contribution in [0.3, 0.4) is 0 Å². The van der Waals surface area contributed by atoms with Crippen molar-refractivity contribution in [3.63, 3.8) is 0 Å². The first-order valence-corrected chi connectivity index (χ1v) is 14.8. The molecule has 0 atom stereocenters. The summed E-state index contributed by atoms with van der Waals surface area (Å²) in [4.78, 5) is 42.9. The van der Waals surface area contributed by atoms with E-state index in [1.807, 2.05) is 73.8 Å². The van der Waals surface area contributed by atoms with Gasteiger partial charge in [0, 0.05) is 35.7 Å². The first kappa shape index (κ1) is 27.9. The predicted molar refractivity (Wildman–Crippen MR) is 165 cm³/mol. The van der Waals surface area contributed by atoms with E-state index in [-0.39, 0.29) is 36.9 Å². The van der Waals surface area contributed by atoms with Gasteiger partial charge in [0.05, 0.1) is 34.3 Å². The Morgan fingerprint density at radius 3 is 2.38 bits per heavy atom. The topological polar surface area (TPSA) is 82.1 Å². The van der Waals surface area contributed by atoms with E-state index in [1.54, 1.807) is 32.3 Å². The number of rotatable bonds is 7. The molecule has 212 valence electrons. The second-order valence-electron chi connectivity index (χ2n) is 10.2. The summed E-state index contributed by atoms with van der Waals surface area (Å²) in [6.45, 7) is 2.66. The Bertz CT molecular complexity index is 1860. The minimum absolute atomic E-state index is 0.131. The summed E-state index contributed by atoms with van der Waals surface area (Å²) in [6.07, 6.45) is 2.63. The number of aromatic nitrogens is 4. The van der Waals surface area contributed by atoms with Crippen LogP contribution in [0.4, 0.5) is 0 Å². The van der Waals surface area contributed by atoms with Crippen molar-refractivity contribution in [1.29, 1.82) is 0 Å². The van der Waals surface area contributed by atoms with E-state index in [2.05, 4.69) is 21.0 Å². The molecule has 0 unspecified atom stereocenters. The maximum Gasteiger partial charge on any atom is 0.333 e. The Morgan fingerprint density at radius 2 is 1.69 bits per heavy atom. The first-order valence-electron chi connectivity index (χ1n) is 13.6. The van der Waals surface area contributed by atoms with Gasteiger partial charge in [-0.15, -0.1) is 0 Å². The van der Waals surface area contributed by atoms with Crippen molar-refractivity contribution in [2.45, 2.75) is 32.9 Å². The molecule has 0 saturated carbocycles. The molecule has 6 rings (SSSR count). The third kappa shape index (κ3) is 5.37. The van der Waals surface area contributed by atoms with Gasteiger partial charge in [-0.2, -0.15) is 5.10 Å². The van der Waals surface area contributed by atoms with Crippen molar-refractivity contribution < 1.29 is 9.59 Å². The van der Waals surface area contributed by atoms with E-state index >= 15 is 0 Å². The van der Waals surface area contributed by atoms with Crippen molar-refractivity contribution >= 4 is 39.2 Å². The number of Topliss-reactive ketones (excluding diaryl/α,β-unsaturated/α-hetero) is 1. The van der Waals surface area contributed by atoms with Gasteiger partial charge in [-0.05, 0) is 83.4 Å². The number of imidazole rings is 1. The van der Waals surface area contributed by atoms with Crippen molar-refractivity contribution in [2.24, 2.45) is 0 Å². The van der Waals surface area contributed by atoms with E-state index in [1.165, 1.54) is 4.57 Å². The van der Waals surface area contributed by atoms with Gasteiger partial charge in [-0.3, -0.25) is 18.7 Å². The molecule has 0 N–H and O–H groups in total. The van der Waals surface area contributed by atoms with Crippen LogP contribution < -0.4 is 5.69 Å². The van der Waals surface area contributed by atoms with Gasteiger partial charge in [0.2, 0.25) is 0 Å². The molecule has 1 aliphatic heterocycles. The average Bonchev–Trinajstić information content (AvgIpc) is 3.58. The summed E-state index contributed by atoms with van der Waals surface area (Å²) in [6, 6.07) is 24.1. The fourth-order valence-electron chi connectivity index (χ4n) is 5.30. The summed E-state index contributed by atoms with van der Waals surface area (Å²) >= 11 is 9.62. The molecule has 0 saturated heterocycles. The summed E-state index contributed by atoms with van der Waals surface area (Å²) in [5.74, 6) is -0.366. The molecule has 1 aliphatic rings. The monoisotopic (exact) mass is 643 g/mol. The molecule has 3 heterocycles. The first-order chi connectivity index (χ1) is 20.3. The molecule has 5 aromatic rings. The molecular formula is C32H27BrClN5O3. The number of fused-ring (bicyclic) bond motifs is 1. The molecule has 2 aromatic heterocycles. The molecule has 0 bridgehead atoms. The van der Waals surface area contributed by atoms with Crippen LogP contribution in [0.1, 0.15) is 44.2 Å². The largest absolute Gasteiger partial charge is 0.333 e. The van der Waals surface area contributed by atoms with Crippen LogP contribution in [0.15, 0.2) is 94.3 Å². The third-order valence-electron chi connectivity index (χ3n) is 7.48. The lowest BCUT2D eigenvalue weighted by Crippen LogP contribution is -2.41. The minimum Gasteiger partial charge on any atom is -0.331 e. The zero-order valence-electron chi connectivity index (χ0n) is 22.8. The highest BCUT2D eigenvalue weighted by atomic mass is 79.9. The van der Waals surface area contributed by atoms with Gasteiger partial charge in [0.15, 0.2) is 5.78 Å². The second kappa shape index (κ2) is 11.6. The number of hydrogen-bond acceptors (Lipinski definition) is 4. The standard InChI is InChI=1S/C32H27BrClN5O3/c1-21-15-16-38(35-21)24-9-11-25(12-10-24)39-30(29(40)14-7-22-5-3-2-4-6-22)28-20-36(17-18-37(28)32(39)42)31(41)23-8-13-26(33)27(34)19-23/h2-6,8-13,15-16,19H,7,14,17-18,20H2,1H3. The van der Waals surface area contributed by atoms with Crippen molar-refractivity contribution in [3.8, 4) is 11.4 Å². The summed E-state index contributed by atoms with van der Waals surface area (Å²) in [5.41, 5.74) is 4.34. The van der Waals surface area contributed by atoms with Crippen LogP contribution in [-0.4, -0.2) is 42.0 Å². The molecule has 10 heteroatoms. The second-order valence-corrected chi connectivity index (χ2v) is 11.5. The molecule has 0 aliphatic carbocycles. The zero-order chi connectivity index (χ0) is 29.4. The number of aryl methyl sites for hydroxylation is 2. The molecule has 0 spiro atoms. The van der Waals surface area contributed by atoms with Crippen molar-refractivity contribution in [1.82, 2.24) is 23.8 Å². The fourth-order valence-corrected chi connectivity index (χ4v) is 5.73. The lowest BCUT2D eigenvalue weighted by Gasteiger charge is -2.28. The van der Waals surface area contributed by atoms with E-state index in [0.717, 1.165) is 16.9 Å². The highest BCUT2D eigenvalue weighted by Gasteiger charge is 2.32. The summed E-state index contributed by atoms with van der Waals surface area (Å²) < 4.78 is 5.57. The normalized spacial score (nSPS) is 12.8. The van der Waals surface area contributed by atoms with E-state index in [0.29, 0.717) is 45.1 Å². The molecule has 1 amide bonds. The summed E-state index contributed by atoms with van der Waals surface area (Å²) in [7, 11) is 0. The summed E-state index contributed by atoms with van der Waals surface area (Å²) in [5, 5.41) is 4.89. The molecule has 0 radical (unpaired) electrons. The Labute approximate surface area is 255 Å². The van der Waals surface area contributed by atoms with Crippen molar-refractivity contribution in [3.05, 3.63) is 133 Å². The third-order valence-corrected chi connectivity index (χ3v) is 8.71. The van der Waals surface area contributed by atoms with Crippen LogP contribution >= 0.6 is 27.5 Å². The number of halogens is 2. The highest BCUT2D eigenvalue weighted by molar-refractivity contribution is 9.10. The average molecular weight is 645 g/mol. The van der Waals surface area contributed by atoms with Crippen LogP contribution in [0.5, 0.6) is 0 Å². The number of ketones is 1. The number of hydrogen-bond donors (Lipinski definition) is 0. The van der Waals surface area contributed by atoms with Gasteiger partial charge < -0.3 is 4.90 Å². The molecule has 0 fully saturated rings. The fraction of sp³-hybridized carbons (Fsp3) is 0.188. The Hall–Kier alpha value is -4.21. The van der Waals surface area contributed by atoms with Crippen LogP contribution in [0, 0.1) is 6.92 Å². The zero-order valence-corrected chi connectivity index (χ0v) is 25.2. The SMILES string of the molecule is Cc1ccn(-c2ccc(-n3c(C(=O)CCc4ccccc4)c4n(c3=O)CCN(C(=O)c3ccc(Br)c(Cl)c3)C4)cc2)n1. The minimum atomic E-state index is -0.297. The number of nitrogens with zero attached hydrogens (tertiary/aromatic N) is 5. The number of benzene rings is 3. The molecule has 42 heavy (non-hydrogen) atoms. The Morgan fingerprint density at radius 1 is 0.952 bits per heavy atom. The van der Waals surface area contributed by atoms with Crippen LogP contribution in [0.25, 0.3) is 11.4 Å². The van der Waals surface area contributed by atoms with Gasteiger partial charge in [-0.25, -0.2) is 9.48 Å². The van der Waals surface area contributed by atoms with Crippen molar-refractivity contribution in [2.75, 3.05) is 6.54 Å².